The lowest BCUT2D eigenvalue weighted by Crippen LogP contribution is -2.35. The quantitative estimate of drug-likeness (QED) is 0.763. The molecule has 1 aromatic heterocycles. The fourth-order valence-electron chi connectivity index (χ4n) is 2.85. The van der Waals surface area contributed by atoms with Crippen LogP contribution in [-0.4, -0.2) is 30.3 Å². The SMILES string of the molecule is Cc1ccc2c(CC(=O)N(C)CC(=O)Nc3ccccc3)coc2c1C. The molecule has 0 atom stereocenters. The molecule has 5 nitrogen and oxygen atoms in total. The number of carbonyl (C=O) groups is 2. The van der Waals surface area contributed by atoms with Crippen LogP contribution in [-0.2, 0) is 16.0 Å². The molecular formula is C21H22N2O3. The lowest BCUT2D eigenvalue weighted by Gasteiger charge is -2.16. The fraction of sp³-hybridized carbons (Fsp3) is 0.238. The predicted octanol–water partition coefficient (Wildman–Crippen LogP) is 3.69. The van der Waals surface area contributed by atoms with Crippen molar-refractivity contribution < 1.29 is 14.0 Å². The summed E-state index contributed by atoms with van der Waals surface area (Å²) >= 11 is 0. The maximum Gasteiger partial charge on any atom is 0.243 e. The van der Waals surface area contributed by atoms with E-state index in [-0.39, 0.29) is 24.8 Å². The number of benzene rings is 2. The Morgan fingerprint density at radius 3 is 2.54 bits per heavy atom. The summed E-state index contributed by atoms with van der Waals surface area (Å²) < 4.78 is 5.65. The Morgan fingerprint density at radius 2 is 1.81 bits per heavy atom. The molecule has 0 radical (unpaired) electrons. The smallest absolute Gasteiger partial charge is 0.243 e. The van der Waals surface area contributed by atoms with Crippen molar-refractivity contribution in [2.24, 2.45) is 0 Å². The third-order valence-corrected chi connectivity index (χ3v) is 4.55. The number of nitrogens with one attached hydrogen (secondary N) is 1. The molecule has 26 heavy (non-hydrogen) atoms. The molecule has 1 N–H and O–H groups in total. The van der Waals surface area contributed by atoms with Crippen molar-refractivity contribution in [2.75, 3.05) is 18.9 Å². The molecule has 0 aliphatic carbocycles. The van der Waals surface area contributed by atoms with Crippen LogP contribution >= 0.6 is 0 Å². The van der Waals surface area contributed by atoms with Gasteiger partial charge in [-0.1, -0.05) is 30.3 Å². The van der Waals surface area contributed by atoms with Crippen LogP contribution in [0.2, 0.25) is 0 Å². The summed E-state index contributed by atoms with van der Waals surface area (Å²) in [4.78, 5) is 26.0. The minimum atomic E-state index is -0.226. The molecule has 1 heterocycles. The zero-order chi connectivity index (χ0) is 18.7. The van der Waals surface area contributed by atoms with Crippen LogP contribution in [0, 0.1) is 13.8 Å². The molecule has 0 saturated heterocycles. The van der Waals surface area contributed by atoms with Gasteiger partial charge in [0.25, 0.3) is 0 Å². The molecule has 3 rings (SSSR count). The van der Waals surface area contributed by atoms with Gasteiger partial charge >= 0.3 is 0 Å². The molecule has 5 heteroatoms. The van der Waals surface area contributed by atoms with Crippen LogP contribution in [0.3, 0.4) is 0 Å². The second-order valence-electron chi connectivity index (χ2n) is 6.49. The average molecular weight is 350 g/mol. The summed E-state index contributed by atoms with van der Waals surface area (Å²) in [5.74, 6) is -0.357. The summed E-state index contributed by atoms with van der Waals surface area (Å²) in [6.07, 6.45) is 1.83. The second-order valence-corrected chi connectivity index (χ2v) is 6.49. The maximum absolute atomic E-state index is 12.5. The third-order valence-electron chi connectivity index (χ3n) is 4.55. The lowest BCUT2D eigenvalue weighted by atomic mass is 10.0. The Morgan fingerprint density at radius 1 is 1.08 bits per heavy atom. The van der Waals surface area contributed by atoms with E-state index in [0.717, 1.165) is 27.7 Å². The first-order valence-electron chi connectivity index (χ1n) is 8.51. The van der Waals surface area contributed by atoms with Gasteiger partial charge in [0.2, 0.25) is 11.8 Å². The largest absolute Gasteiger partial charge is 0.464 e. The van der Waals surface area contributed by atoms with Crippen LogP contribution in [0.4, 0.5) is 5.69 Å². The number of hydrogen-bond acceptors (Lipinski definition) is 3. The molecule has 2 amide bonds. The number of hydrogen-bond donors (Lipinski definition) is 1. The molecule has 0 spiro atoms. The summed E-state index contributed by atoms with van der Waals surface area (Å²) in [6.45, 7) is 4.04. The fourth-order valence-corrected chi connectivity index (χ4v) is 2.85. The van der Waals surface area contributed by atoms with E-state index in [2.05, 4.69) is 5.32 Å². The van der Waals surface area contributed by atoms with Crippen molar-refractivity contribution in [3.63, 3.8) is 0 Å². The molecule has 2 aromatic carbocycles. The molecule has 0 saturated carbocycles. The van der Waals surface area contributed by atoms with Crippen molar-refractivity contribution in [2.45, 2.75) is 20.3 Å². The Labute approximate surface area is 152 Å². The van der Waals surface area contributed by atoms with Crippen LogP contribution in [0.15, 0.2) is 53.1 Å². The van der Waals surface area contributed by atoms with E-state index in [1.807, 2.05) is 56.3 Å². The minimum absolute atomic E-state index is 0.00163. The molecule has 0 fully saturated rings. The van der Waals surface area contributed by atoms with Crippen molar-refractivity contribution >= 4 is 28.5 Å². The topological polar surface area (TPSA) is 62.6 Å². The highest BCUT2D eigenvalue weighted by Gasteiger charge is 2.17. The molecular weight excluding hydrogens is 328 g/mol. The molecule has 0 aliphatic heterocycles. The standard InChI is InChI=1S/C21H22N2O3/c1-14-9-10-18-16(13-26-21(18)15(14)2)11-20(25)23(3)12-19(24)22-17-7-5-4-6-8-17/h4-10,13H,11-12H2,1-3H3,(H,22,24). The number of furan rings is 1. The lowest BCUT2D eigenvalue weighted by molar-refractivity contribution is -0.132. The van der Waals surface area contributed by atoms with E-state index in [9.17, 15) is 9.59 Å². The zero-order valence-corrected chi connectivity index (χ0v) is 15.2. The summed E-state index contributed by atoms with van der Waals surface area (Å²) in [5.41, 5.74) is 4.60. The third kappa shape index (κ3) is 3.77. The number of likely N-dealkylation sites (N-methyl/N-ethyl adjacent to an activating group) is 1. The number of rotatable bonds is 5. The van der Waals surface area contributed by atoms with Gasteiger partial charge in [-0.15, -0.1) is 0 Å². The van der Waals surface area contributed by atoms with E-state index in [4.69, 9.17) is 4.42 Å². The van der Waals surface area contributed by atoms with E-state index in [0.29, 0.717) is 5.69 Å². The molecule has 0 aliphatic rings. The molecule has 3 aromatic rings. The van der Waals surface area contributed by atoms with Gasteiger partial charge in [0, 0.05) is 23.7 Å². The number of amides is 2. The number of carbonyl (C=O) groups excluding carboxylic acids is 2. The Kier molecular flexibility index (Phi) is 5.07. The Hall–Kier alpha value is -3.08. The average Bonchev–Trinajstić information content (AvgIpc) is 3.02. The number of para-hydroxylation sites is 1. The number of fused-ring (bicyclic) bond motifs is 1. The van der Waals surface area contributed by atoms with Crippen molar-refractivity contribution in [1.82, 2.24) is 4.90 Å². The second kappa shape index (κ2) is 7.44. The summed E-state index contributed by atoms with van der Waals surface area (Å²) in [5, 5.41) is 3.73. The minimum Gasteiger partial charge on any atom is -0.464 e. The van der Waals surface area contributed by atoms with Crippen molar-refractivity contribution in [3.8, 4) is 0 Å². The van der Waals surface area contributed by atoms with E-state index in [1.165, 1.54) is 4.90 Å². The normalized spacial score (nSPS) is 10.7. The first kappa shape index (κ1) is 17.7. The van der Waals surface area contributed by atoms with Gasteiger partial charge in [-0.2, -0.15) is 0 Å². The first-order chi connectivity index (χ1) is 12.5. The van der Waals surface area contributed by atoms with Gasteiger partial charge in [-0.25, -0.2) is 0 Å². The zero-order valence-electron chi connectivity index (χ0n) is 15.2. The first-order valence-corrected chi connectivity index (χ1v) is 8.51. The van der Waals surface area contributed by atoms with Gasteiger partial charge in [-0.05, 0) is 37.1 Å². The summed E-state index contributed by atoms with van der Waals surface area (Å²) in [7, 11) is 1.63. The number of anilines is 1. The summed E-state index contributed by atoms with van der Waals surface area (Å²) in [6, 6.07) is 13.2. The molecule has 134 valence electrons. The van der Waals surface area contributed by atoms with Gasteiger partial charge in [0.05, 0.1) is 19.2 Å². The van der Waals surface area contributed by atoms with E-state index < -0.39 is 0 Å². The number of nitrogens with zero attached hydrogens (tertiary/aromatic N) is 1. The molecule has 0 unspecified atom stereocenters. The maximum atomic E-state index is 12.5. The highest BCUT2D eigenvalue weighted by atomic mass is 16.3. The van der Waals surface area contributed by atoms with Crippen molar-refractivity contribution in [3.05, 3.63) is 65.4 Å². The van der Waals surface area contributed by atoms with Crippen LogP contribution in [0.1, 0.15) is 16.7 Å². The van der Waals surface area contributed by atoms with Crippen LogP contribution in [0.25, 0.3) is 11.0 Å². The molecule has 0 bridgehead atoms. The highest BCUT2D eigenvalue weighted by molar-refractivity contribution is 5.95. The van der Waals surface area contributed by atoms with Crippen LogP contribution < -0.4 is 5.32 Å². The van der Waals surface area contributed by atoms with Gasteiger partial charge in [0.1, 0.15) is 5.58 Å². The van der Waals surface area contributed by atoms with Crippen LogP contribution in [0.5, 0.6) is 0 Å². The Bertz CT molecular complexity index is 945. The highest BCUT2D eigenvalue weighted by Crippen LogP contribution is 2.27. The van der Waals surface area contributed by atoms with Gasteiger partial charge in [-0.3, -0.25) is 9.59 Å². The monoisotopic (exact) mass is 350 g/mol. The van der Waals surface area contributed by atoms with E-state index >= 15 is 0 Å². The predicted molar refractivity (Wildman–Crippen MR) is 102 cm³/mol. The Balaban J connectivity index is 1.64. The van der Waals surface area contributed by atoms with E-state index in [1.54, 1.807) is 13.3 Å². The van der Waals surface area contributed by atoms with Gasteiger partial charge < -0.3 is 14.6 Å². The number of aryl methyl sites for hydroxylation is 2. The van der Waals surface area contributed by atoms with Crippen molar-refractivity contribution in [1.29, 1.82) is 0 Å². The van der Waals surface area contributed by atoms with Gasteiger partial charge in [0.15, 0.2) is 0 Å².